The molecule has 0 atom stereocenters. The molecule has 1 fully saturated rings. The van der Waals surface area contributed by atoms with Gasteiger partial charge in [-0.2, -0.15) is 0 Å². The van der Waals surface area contributed by atoms with E-state index in [1.54, 1.807) is 12.3 Å². The van der Waals surface area contributed by atoms with Crippen LogP contribution in [0.1, 0.15) is 43.4 Å². The lowest BCUT2D eigenvalue weighted by Crippen LogP contribution is -2.45. The number of dihydropyridines is 1. The molecule has 2 aromatic rings. The van der Waals surface area contributed by atoms with Gasteiger partial charge >= 0.3 is 0 Å². The van der Waals surface area contributed by atoms with Gasteiger partial charge in [-0.15, -0.1) is 0 Å². The Balaban J connectivity index is 1.63. The van der Waals surface area contributed by atoms with Crippen LogP contribution in [0.2, 0.25) is 0 Å². The lowest BCUT2D eigenvalue weighted by atomic mass is 9.97. The fraction of sp³-hybridized carbons (Fsp3) is 0.379. The molecule has 37 heavy (non-hydrogen) atoms. The molecule has 2 aliphatic heterocycles. The molecule has 8 nitrogen and oxygen atoms in total. The third-order valence-corrected chi connectivity index (χ3v) is 7.05. The molecule has 196 valence electrons. The van der Waals surface area contributed by atoms with E-state index < -0.39 is 0 Å². The van der Waals surface area contributed by atoms with Crippen LogP contribution in [0.25, 0.3) is 0 Å². The van der Waals surface area contributed by atoms with E-state index in [0.29, 0.717) is 23.4 Å². The first-order valence-corrected chi connectivity index (χ1v) is 13.0. The SMILES string of the molecule is CCN1CCN(Cc2ccc(N(C(=N)C3=CNCC=C3)C(=N)c3cc(C(C)C)c(O)cc3O)cc2)CC1. The van der Waals surface area contributed by atoms with Gasteiger partial charge < -0.3 is 20.4 Å². The Morgan fingerprint density at radius 2 is 1.65 bits per heavy atom. The first-order chi connectivity index (χ1) is 17.8. The lowest BCUT2D eigenvalue weighted by Gasteiger charge is -2.34. The zero-order valence-electron chi connectivity index (χ0n) is 22.0. The smallest absolute Gasteiger partial charge is 0.142 e. The van der Waals surface area contributed by atoms with Crippen molar-refractivity contribution in [1.29, 1.82) is 10.8 Å². The number of hydrogen-bond donors (Lipinski definition) is 5. The first-order valence-electron chi connectivity index (χ1n) is 13.0. The van der Waals surface area contributed by atoms with Crippen LogP contribution in [0.3, 0.4) is 0 Å². The van der Waals surface area contributed by atoms with Crippen molar-refractivity contribution < 1.29 is 10.2 Å². The van der Waals surface area contributed by atoms with E-state index in [1.165, 1.54) is 16.5 Å². The van der Waals surface area contributed by atoms with E-state index in [4.69, 9.17) is 10.8 Å². The summed E-state index contributed by atoms with van der Waals surface area (Å²) < 4.78 is 0. The van der Waals surface area contributed by atoms with Crippen LogP contribution >= 0.6 is 0 Å². The minimum Gasteiger partial charge on any atom is -0.508 e. The maximum Gasteiger partial charge on any atom is 0.142 e. The maximum absolute atomic E-state index is 10.7. The highest BCUT2D eigenvalue weighted by atomic mass is 16.3. The van der Waals surface area contributed by atoms with Crippen LogP contribution in [-0.2, 0) is 6.54 Å². The summed E-state index contributed by atoms with van der Waals surface area (Å²) in [5, 5.41) is 42.2. The summed E-state index contributed by atoms with van der Waals surface area (Å²) in [5.74, 6) is -0.106. The monoisotopic (exact) mass is 502 g/mol. The Hall–Kier alpha value is -3.62. The van der Waals surface area contributed by atoms with Gasteiger partial charge in [0.2, 0.25) is 0 Å². The Morgan fingerprint density at radius 3 is 2.24 bits per heavy atom. The number of piperazine rings is 1. The molecule has 5 N–H and O–H groups in total. The minimum absolute atomic E-state index is 0.00285. The predicted octanol–water partition coefficient (Wildman–Crippen LogP) is 4.21. The van der Waals surface area contributed by atoms with Crippen molar-refractivity contribution in [1.82, 2.24) is 15.1 Å². The van der Waals surface area contributed by atoms with Gasteiger partial charge in [0.05, 0.1) is 5.56 Å². The van der Waals surface area contributed by atoms with Crippen LogP contribution in [0.4, 0.5) is 5.69 Å². The molecule has 0 aromatic heterocycles. The zero-order valence-corrected chi connectivity index (χ0v) is 22.0. The highest BCUT2D eigenvalue weighted by molar-refractivity contribution is 6.28. The Morgan fingerprint density at radius 1 is 0.973 bits per heavy atom. The quantitative estimate of drug-likeness (QED) is 0.287. The average Bonchev–Trinajstić information content (AvgIpc) is 2.90. The molecule has 1 saturated heterocycles. The molecule has 0 aliphatic carbocycles. The second-order valence-corrected chi connectivity index (χ2v) is 9.90. The number of anilines is 1. The number of aromatic hydroxyl groups is 2. The van der Waals surface area contributed by atoms with E-state index in [0.717, 1.165) is 39.3 Å². The molecule has 0 amide bonds. The Labute approximate surface area is 219 Å². The van der Waals surface area contributed by atoms with E-state index >= 15 is 0 Å². The molecule has 2 heterocycles. The first kappa shape index (κ1) is 26.4. The molecule has 0 spiro atoms. The molecular weight excluding hydrogens is 464 g/mol. The summed E-state index contributed by atoms with van der Waals surface area (Å²) in [6.45, 7) is 13.0. The highest BCUT2D eigenvalue weighted by Gasteiger charge is 2.25. The van der Waals surface area contributed by atoms with Crippen molar-refractivity contribution in [2.24, 2.45) is 0 Å². The van der Waals surface area contributed by atoms with Gasteiger partial charge in [0.1, 0.15) is 23.2 Å². The average molecular weight is 503 g/mol. The number of likely N-dealkylation sites (N-methyl/N-ethyl adjacent to an activating group) is 1. The summed E-state index contributed by atoms with van der Waals surface area (Å²) in [5.41, 5.74) is 3.38. The Bertz CT molecular complexity index is 1190. The fourth-order valence-corrected chi connectivity index (χ4v) is 4.76. The van der Waals surface area contributed by atoms with E-state index in [2.05, 4.69) is 34.2 Å². The summed E-state index contributed by atoms with van der Waals surface area (Å²) in [7, 11) is 0. The third kappa shape index (κ3) is 6.03. The number of phenols is 2. The second kappa shape index (κ2) is 11.6. The van der Waals surface area contributed by atoms with E-state index in [-0.39, 0.29) is 34.7 Å². The van der Waals surface area contributed by atoms with Crippen LogP contribution < -0.4 is 10.2 Å². The lowest BCUT2D eigenvalue weighted by molar-refractivity contribution is 0.132. The second-order valence-electron chi connectivity index (χ2n) is 9.90. The molecule has 0 unspecified atom stereocenters. The van der Waals surface area contributed by atoms with E-state index in [9.17, 15) is 10.2 Å². The van der Waals surface area contributed by atoms with Gasteiger partial charge in [-0.3, -0.25) is 20.6 Å². The van der Waals surface area contributed by atoms with Gasteiger partial charge in [-0.1, -0.05) is 45.1 Å². The third-order valence-electron chi connectivity index (χ3n) is 7.05. The summed E-state index contributed by atoms with van der Waals surface area (Å²) in [4.78, 5) is 6.44. The van der Waals surface area contributed by atoms with Gasteiger partial charge in [-0.25, -0.2) is 0 Å². The van der Waals surface area contributed by atoms with Crippen molar-refractivity contribution in [3.63, 3.8) is 0 Å². The number of amidine groups is 2. The largest absolute Gasteiger partial charge is 0.508 e. The van der Waals surface area contributed by atoms with Gasteiger partial charge in [0, 0.05) is 62.8 Å². The van der Waals surface area contributed by atoms with Crippen LogP contribution in [-0.4, -0.2) is 71.0 Å². The van der Waals surface area contributed by atoms with Crippen LogP contribution in [0, 0.1) is 10.8 Å². The van der Waals surface area contributed by atoms with Crippen LogP contribution in [0.5, 0.6) is 11.5 Å². The van der Waals surface area contributed by atoms with E-state index in [1.807, 2.05) is 38.1 Å². The normalized spacial score (nSPS) is 16.4. The van der Waals surface area contributed by atoms with Crippen molar-refractivity contribution in [2.75, 3.05) is 44.2 Å². The van der Waals surface area contributed by atoms with Gasteiger partial charge in [0.15, 0.2) is 0 Å². The van der Waals surface area contributed by atoms with Crippen molar-refractivity contribution in [3.8, 4) is 11.5 Å². The standard InChI is InChI=1S/C29H38N6O2/c1-4-33-12-14-34(15-13-33)19-21-7-9-23(10-8-21)35(28(30)22-6-5-11-32-18-22)29(31)25-16-24(20(2)3)26(36)17-27(25)37/h5-10,16-18,20,30-32,36-37H,4,11-15,19H2,1-3H3. The molecule has 8 heteroatoms. The number of rotatable bonds is 7. The molecule has 4 rings (SSSR count). The molecule has 0 bridgehead atoms. The molecular formula is C29H38N6O2. The Kier molecular flexibility index (Phi) is 8.31. The maximum atomic E-state index is 10.7. The molecule has 0 radical (unpaired) electrons. The highest BCUT2D eigenvalue weighted by Crippen LogP contribution is 2.34. The summed E-state index contributed by atoms with van der Waals surface area (Å²) >= 11 is 0. The molecule has 0 saturated carbocycles. The number of nitrogens with zero attached hydrogens (tertiary/aromatic N) is 3. The number of hydrogen-bond acceptors (Lipinski definition) is 7. The fourth-order valence-electron chi connectivity index (χ4n) is 4.76. The number of nitrogens with one attached hydrogen (secondary N) is 3. The number of benzene rings is 2. The van der Waals surface area contributed by atoms with Crippen molar-refractivity contribution in [3.05, 3.63) is 77.0 Å². The van der Waals surface area contributed by atoms with Crippen LogP contribution in [0.15, 0.2) is 60.3 Å². The number of phenolic OH excluding ortho intramolecular Hbond substituents is 2. The summed E-state index contributed by atoms with van der Waals surface area (Å²) in [6, 6.07) is 10.9. The molecule has 2 aliphatic rings. The molecule has 2 aromatic carbocycles. The topological polar surface area (TPSA) is 110 Å². The van der Waals surface area contributed by atoms with Crippen molar-refractivity contribution in [2.45, 2.75) is 33.2 Å². The van der Waals surface area contributed by atoms with Gasteiger partial charge in [0.25, 0.3) is 0 Å². The zero-order chi connectivity index (χ0) is 26.5. The minimum atomic E-state index is -0.196. The van der Waals surface area contributed by atoms with Crippen molar-refractivity contribution >= 4 is 17.4 Å². The predicted molar refractivity (Wildman–Crippen MR) is 150 cm³/mol. The van der Waals surface area contributed by atoms with Gasteiger partial charge in [-0.05, 0) is 41.8 Å². The summed E-state index contributed by atoms with van der Waals surface area (Å²) in [6.07, 6.45) is 5.56.